The van der Waals surface area contributed by atoms with Crippen molar-refractivity contribution >= 4 is 33.1 Å². The second-order valence-electron chi connectivity index (χ2n) is 12.7. The van der Waals surface area contributed by atoms with Crippen LogP contribution >= 0.6 is 0 Å². The second-order valence-corrected chi connectivity index (χ2v) is 12.7. The van der Waals surface area contributed by atoms with E-state index in [2.05, 4.69) is 111 Å². The Hall–Kier alpha value is -4.70. The number of pyridine rings is 1. The van der Waals surface area contributed by atoms with Crippen molar-refractivity contribution in [3.05, 3.63) is 113 Å². The Labute approximate surface area is 260 Å². The van der Waals surface area contributed by atoms with E-state index < -0.39 is 5.89 Å². The van der Waals surface area contributed by atoms with Crippen LogP contribution in [0, 0.1) is 6.92 Å². The maximum atomic E-state index is 8.36. The van der Waals surface area contributed by atoms with E-state index in [1.54, 1.807) is 0 Å². The van der Waals surface area contributed by atoms with Gasteiger partial charge < -0.3 is 4.42 Å². The smallest absolute Gasteiger partial charge is 0.178 e. The summed E-state index contributed by atoms with van der Waals surface area (Å²) in [6.07, 6.45) is 0. The molecule has 0 saturated heterocycles. The van der Waals surface area contributed by atoms with E-state index in [4.69, 9.17) is 15.8 Å². The summed E-state index contributed by atoms with van der Waals surface area (Å²) in [5.74, 6) is 0.846. The molecule has 0 unspecified atom stereocenters. The fourth-order valence-electron chi connectivity index (χ4n) is 6.38. The normalized spacial score (nSPS) is 12.7. The molecule has 4 nitrogen and oxygen atoms in total. The first kappa shape index (κ1) is 26.9. The number of aryl methyl sites for hydroxylation is 1. The van der Waals surface area contributed by atoms with Crippen LogP contribution in [0.15, 0.2) is 95.4 Å². The molecule has 0 saturated carbocycles. The van der Waals surface area contributed by atoms with E-state index in [1.165, 1.54) is 16.8 Å². The minimum Gasteiger partial charge on any atom is -0.455 e. The van der Waals surface area contributed by atoms with Crippen LogP contribution in [0.2, 0.25) is 0 Å². The third-order valence-corrected chi connectivity index (χ3v) is 8.76. The molecule has 0 aliphatic rings. The highest BCUT2D eigenvalue weighted by Gasteiger charge is 2.25. The minimum atomic E-state index is -0.631. The van der Waals surface area contributed by atoms with Crippen molar-refractivity contribution in [2.75, 3.05) is 0 Å². The van der Waals surface area contributed by atoms with Crippen LogP contribution in [-0.2, 0) is 0 Å². The Kier molecular flexibility index (Phi) is 6.59. The molecule has 0 spiro atoms. The fraction of sp³-hybridized carbons (Fsp3) is 0.250. The predicted octanol–water partition coefficient (Wildman–Crippen LogP) is 11.3. The average Bonchev–Trinajstić information content (AvgIpc) is 3.57. The van der Waals surface area contributed by atoms with Gasteiger partial charge in [-0.25, -0.2) is 9.97 Å². The van der Waals surface area contributed by atoms with E-state index >= 15 is 0 Å². The van der Waals surface area contributed by atoms with Crippen molar-refractivity contribution in [1.82, 2.24) is 14.5 Å². The van der Waals surface area contributed by atoms with Crippen molar-refractivity contribution in [2.24, 2.45) is 0 Å². The zero-order valence-corrected chi connectivity index (χ0v) is 26.6. The number of imidazole rings is 1. The Bertz CT molecular complexity index is 2190. The molecule has 4 heteroatoms. The molecule has 0 radical (unpaired) electrons. The molecule has 0 aliphatic carbocycles. The van der Waals surface area contributed by atoms with E-state index in [0.717, 1.165) is 66.9 Å². The topological polar surface area (TPSA) is 43.9 Å². The summed E-state index contributed by atoms with van der Waals surface area (Å²) in [7, 11) is 0. The maximum Gasteiger partial charge on any atom is 0.178 e. The van der Waals surface area contributed by atoms with Gasteiger partial charge in [0.25, 0.3) is 0 Å². The van der Waals surface area contributed by atoms with Crippen LogP contribution in [0.3, 0.4) is 0 Å². The molecule has 0 bridgehead atoms. The third kappa shape index (κ3) is 4.61. The lowest BCUT2D eigenvalue weighted by atomic mass is 9.92. The minimum absolute atomic E-state index is 0.323. The highest BCUT2D eigenvalue weighted by atomic mass is 16.3. The van der Waals surface area contributed by atoms with Gasteiger partial charge in [0.15, 0.2) is 11.5 Å². The number of rotatable bonds is 6. The molecule has 44 heavy (non-hydrogen) atoms. The first-order chi connectivity index (χ1) is 21.5. The Morgan fingerprint density at radius 3 is 2.07 bits per heavy atom. The molecule has 3 aromatic heterocycles. The number of furan rings is 1. The number of para-hydroxylation sites is 2. The molecule has 7 aromatic rings. The van der Waals surface area contributed by atoms with Gasteiger partial charge in [-0.1, -0.05) is 102 Å². The van der Waals surface area contributed by atoms with E-state index in [9.17, 15) is 0 Å². The SMILES string of the molecule is [2H]C(C)(C)c1ccc(-c2ccc3c(c2)oc2c(-c4nc5nc(C)ccc5n4-c4c(C(C)C)cccc4C(C)C)cccc23)cc1. The summed E-state index contributed by atoms with van der Waals surface area (Å²) in [5, 5.41) is 2.13. The predicted molar refractivity (Wildman–Crippen MR) is 184 cm³/mol. The summed E-state index contributed by atoms with van der Waals surface area (Å²) in [6.45, 7) is 14.9. The van der Waals surface area contributed by atoms with Crippen LogP contribution in [0.25, 0.3) is 61.3 Å². The van der Waals surface area contributed by atoms with Crippen LogP contribution in [0.5, 0.6) is 0 Å². The highest BCUT2D eigenvalue weighted by Crippen LogP contribution is 2.41. The van der Waals surface area contributed by atoms with Gasteiger partial charge in [0.1, 0.15) is 11.2 Å². The standard InChI is InChI=1S/C40H39N3O/c1-23(2)27-15-17-28(18-16-27)29-19-20-32-33-12-9-13-34(38(33)44-36(32)22-29)40-42-39-35(21-14-26(7)41-39)43(40)37-30(24(3)4)10-8-11-31(37)25(5)6/h8-25H,1-7H3/i23D. The van der Waals surface area contributed by atoms with E-state index in [0.29, 0.717) is 11.8 Å². The summed E-state index contributed by atoms with van der Waals surface area (Å²) in [6, 6.07) is 31.9. The monoisotopic (exact) mass is 578 g/mol. The molecule has 0 fully saturated rings. The van der Waals surface area contributed by atoms with Crippen LogP contribution in [0.4, 0.5) is 0 Å². The van der Waals surface area contributed by atoms with Crippen molar-refractivity contribution in [1.29, 1.82) is 0 Å². The van der Waals surface area contributed by atoms with Gasteiger partial charge in [-0.05, 0) is 82.8 Å². The van der Waals surface area contributed by atoms with Crippen LogP contribution in [-0.4, -0.2) is 14.5 Å². The van der Waals surface area contributed by atoms with Gasteiger partial charge in [-0.2, -0.15) is 0 Å². The molecule has 0 aliphatic heterocycles. The van der Waals surface area contributed by atoms with E-state index in [1.807, 2.05) is 32.9 Å². The largest absolute Gasteiger partial charge is 0.455 e. The summed E-state index contributed by atoms with van der Waals surface area (Å²) < 4.78 is 17.4. The Morgan fingerprint density at radius 2 is 1.39 bits per heavy atom. The molecule has 4 aromatic carbocycles. The number of hydrogen-bond acceptors (Lipinski definition) is 3. The Morgan fingerprint density at radius 1 is 0.705 bits per heavy atom. The first-order valence-electron chi connectivity index (χ1n) is 16.1. The van der Waals surface area contributed by atoms with Crippen LogP contribution in [0.1, 0.15) is 83.0 Å². The van der Waals surface area contributed by atoms with Crippen LogP contribution < -0.4 is 0 Å². The quantitative estimate of drug-likeness (QED) is 0.197. The van der Waals surface area contributed by atoms with Gasteiger partial charge in [-0.3, -0.25) is 4.57 Å². The molecule has 220 valence electrons. The third-order valence-electron chi connectivity index (χ3n) is 8.76. The number of hydrogen-bond donors (Lipinski definition) is 0. The zero-order chi connectivity index (χ0) is 31.6. The summed E-state index contributed by atoms with van der Waals surface area (Å²) in [4.78, 5) is 10.1. The molecular weight excluding hydrogens is 538 g/mol. The summed E-state index contributed by atoms with van der Waals surface area (Å²) >= 11 is 0. The number of aromatic nitrogens is 3. The molecule has 7 rings (SSSR count). The lowest BCUT2D eigenvalue weighted by Crippen LogP contribution is -2.08. The van der Waals surface area contributed by atoms with Crippen molar-refractivity contribution in [3.8, 4) is 28.2 Å². The molecular formula is C40H39N3O. The van der Waals surface area contributed by atoms with Crippen molar-refractivity contribution < 1.29 is 5.79 Å². The molecule has 0 N–H and O–H groups in total. The van der Waals surface area contributed by atoms with Gasteiger partial charge in [-0.15, -0.1) is 0 Å². The van der Waals surface area contributed by atoms with Gasteiger partial charge in [0, 0.05) is 17.8 Å². The molecule has 0 atom stereocenters. The maximum absolute atomic E-state index is 8.36. The Balaban J connectivity index is 1.47. The number of benzene rings is 4. The number of fused-ring (bicyclic) bond motifs is 4. The highest BCUT2D eigenvalue weighted by molar-refractivity contribution is 6.10. The lowest BCUT2D eigenvalue weighted by molar-refractivity contribution is 0.669. The molecule has 0 amide bonds. The zero-order valence-electron chi connectivity index (χ0n) is 27.6. The van der Waals surface area contributed by atoms with Gasteiger partial charge >= 0.3 is 0 Å². The van der Waals surface area contributed by atoms with Gasteiger partial charge in [0.05, 0.1) is 16.8 Å². The number of nitrogens with zero attached hydrogens (tertiary/aromatic N) is 3. The first-order valence-corrected chi connectivity index (χ1v) is 15.6. The van der Waals surface area contributed by atoms with E-state index in [-0.39, 0.29) is 0 Å². The van der Waals surface area contributed by atoms with Crippen molar-refractivity contribution in [2.45, 2.75) is 66.2 Å². The van der Waals surface area contributed by atoms with Crippen molar-refractivity contribution in [3.63, 3.8) is 0 Å². The van der Waals surface area contributed by atoms with Gasteiger partial charge in [0.2, 0.25) is 0 Å². The second kappa shape index (κ2) is 10.8. The fourth-order valence-corrected chi connectivity index (χ4v) is 6.38. The summed E-state index contributed by atoms with van der Waals surface area (Å²) in [5.41, 5.74) is 12.2. The lowest BCUT2D eigenvalue weighted by Gasteiger charge is -2.22. The average molecular weight is 579 g/mol. The molecule has 3 heterocycles.